The molecule has 0 saturated heterocycles. The van der Waals surface area contributed by atoms with Gasteiger partial charge in [0.25, 0.3) is 0 Å². The van der Waals surface area contributed by atoms with E-state index >= 15 is 0 Å². The molecule has 3 aliphatic rings. The fourth-order valence-electron chi connectivity index (χ4n) is 5.68. The highest BCUT2D eigenvalue weighted by molar-refractivity contribution is 5.77. The number of carbonyl (C=O) groups is 2. The number of carbonyl (C=O) groups excluding carboxylic acids is 1. The van der Waals surface area contributed by atoms with E-state index in [0.717, 1.165) is 25.7 Å². The molecule has 1 aromatic heterocycles. The molecule has 2 fully saturated rings. The molecule has 32 heavy (non-hydrogen) atoms. The molecule has 4 rings (SSSR count). The third-order valence-electron chi connectivity index (χ3n) is 7.58. The Labute approximate surface area is 186 Å². The smallest absolute Gasteiger partial charge is 0.435 e. The van der Waals surface area contributed by atoms with Gasteiger partial charge in [0.2, 0.25) is 5.91 Å². The number of alkyl halides is 3. The molecule has 1 aromatic rings. The molecule has 0 aromatic carbocycles. The third-order valence-corrected chi connectivity index (χ3v) is 7.58. The molecular formula is C23H32F3N3O3. The lowest BCUT2D eigenvalue weighted by molar-refractivity contribution is -0.143. The summed E-state index contributed by atoms with van der Waals surface area (Å²) in [5, 5.41) is 13.1. The normalized spacial score (nSPS) is 24.9. The van der Waals surface area contributed by atoms with Crippen molar-refractivity contribution in [2.75, 3.05) is 6.54 Å². The molecule has 2 heterocycles. The molecule has 0 spiro atoms. The first-order chi connectivity index (χ1) is 15.2. The lowest BCUT2D eigenvalue weighted by atomic mass is 9.80. The summed E-state index contributed by atoms with van der Waals surface area (Å²) >= 11 is 0. The SMILES string of the molecule is O=C(O)C1CCC(CC(=O)N2CCc3c(C(F)(F)F)nn(CC4CCCCC4)c3C2)CC1. The van der Waals surface area contributed by atoms with Crippen molar-refractivity contribution in [2.24, 2.45) is 17.8 Å². The second-order valence-electron chi connectivity index (χ2n) is 9.78. The number of hydrogen-bond acceptors (Lipinski definition) is 3. The monoisotopic (exact) mass is 455 g/mol. The Morgan fingerprint density at radius 3 is 2.31 bits per heavy atom. The van der Waals surface area contributed by atoms with Crippen LogP contribution in [-0.2, 0) is 35.3 Å². The minimum atomic E-state index is -4.49. The van der Waals surface area contributed by atoms with Gasteiger partial charge in [0.1, 0.15) is 0 Å². The lowest BCUT2D eigenvalue weighted by Gasteiger charge is -2.32. The van der Waals surface area contributed by atoms with E-state index in [-0.39, 0.29) is 42.8 Å². The third kappa shape index (κ3) is 5.12. The van der Waals surface area contributed by atoms with Crippen molar-refractivity contribution in [3.05, 3.63) is 17.0 Å². The maximum absolute atomic E-state index is 13.6. The summed E-state index contributed by atoms with van der Waals surface area (Å²) < 4.78 is 42.4. The van der Waals surface area contributed by atoms with Gasteiger partial charge in [-0.1, -0.05) is 19.3 Å². The molecule has 0 bridgehead atoms. The Bertz CT molecular complexity index is 838. The highest BCUT2D eigenvalue weighted by atomic mass is 19.4. The van der Waals surface area contributed by atoms with E-state index in [1.165, 1.54) is 11.1 Å². The fraction of sp³-hybridized carbons (Fsp3) is 0.783. The molecule has 1 N–H and O–H groups in total. The van der Waals surface area contributed by atoms with Crippen LogP contribution < -0.4 is 0 Å². The molecule has 9 heteroatoms. The Balaban J connectivity index is 1.45. The summed E-state index contributed by atoms with van der Waals surface area (Å²) in [5.74, 6) is -0.658. The highest BCUT2D eigenvalue weighted by Crippen LogP contribution is 2.37. The summed E-state index contributed by atoms with van der Waals surface area (Å²) in [6, 6.07) is 0. The average molecular weight is 456 g/mol. The van der Waals surface area contributed by atoms with Crippen LogP contribution in [0.15, 0.2) is 0 Å². The summed E-state index contributed by atoms with van der Waals surface area (Å²) in [6.45, 7) is 0.933. The largest absolute Gasteiger partial charge is 0.481 e. The second-order valence-corrected chi connectivity index (χ2v) is 9.78. The number of halogens is 3. The Kier molecular flexibility index (Phi) is 6.81. The van der Waals surface area contributed by atoms with Crippen molar-refractivity contribution >= 4 is 11.9 Å². The number of aliphatic carboxylic acids is 1. The van der Waals surface area contributed by atoms with Crippen LogP contribution in [-0.4, -0.2) is 38.2 Å². The van der Waals surface area contributed by atoms with Crippen molar-refractivity contribution in [2.45, 2.75) is 89.9 Å². The first kappa shape index (κ1) is 23.1. The quantitative estimate of drug-likeness (QED) is 0.701. The Hall–Kier alpha value is -2.06. The van der Waals surface area contributed by atoms with Crippen molar-refractivity contribution < 1.29 is 27.9 Å². The average Bonchev–Trinajstić information content (AvgIpc) is 3.13. The topological polar surface area (TPSA) is 75.4 Å². The number of hydrogen-bond donors (Lipinski definition) is 1. The van der Waals surface area contributed by atoms with E-state index in [4.69, 9.17) is 5.11 Å². The van der Waals surface area contributed by atoms with Crippen LogP contribution in [0.2, 0.25) is 0 Å². The van der Waals surface area contributed by atoms with Crippen LogP contribution in [0.4, 0.5) is 13.2 Å². The maximum atomic E-state index is 13.6. The van der Waals surface area contributed by atoms with Crippen LogP contribution in [0.25, 0.3) is 0 Å². The number of aromatic nitrogens is 2. The summed E-state index contributed by atoms with van der Waals surface area (Å²) in [4.78, 5) is 25.8. The van der Waals surface area contributed by atoms with Crippen molar-refractivity contribution in [3.63, 3.8) is 0 Å². The van der Waals surface area contributed by atoms with Gasteiger partial charge < -0.3 is 10.0 Å². The summed E-state index contributed by atoms with van der Waals surface area (Å²) in [6.07, 6.45) is 4.02. The van der Waals surface area contributed by atoms with E-state index in [1.807, 2.05) is 0 Å². The number of fused-ring (bicyclic) bond motifs is 1. The molecule has 0 unspecified atom stereocenters. The minimum Gasteiger partial charge on any atom is -0.481 e. The standard InChI is InChI=1S/C23H32F3N3O3/c24-23(25,26)21-18-10-11-28(20(30)12-15-6-8-17(9-7-15)22(31)32)14-19(18)29(27-21)13-16-4-2-1-3-5-16/h15-17H,1-14H2,(H,31,32). The zero-order chi connectivity index (χ0) is 22.9. The number of carboxylic acids is 1. The number of amides is 1. The van der Waals surface area contributed by atoms with E-state index in [9.17, 15) is 22.8 Å². The Morgan fingerprint density at radius 1 is 1.00 bits per heavy atom. The molecule has 6 nitrogen and oxygen atoms in total. The lowest BCUT2D eigenvalue weighted by Crippen LogP contribution is -2.38. The predicted octanol–water partition coefficient (Wildman–Crippen LogP) is 4.65. The van der Waals surface area contributed by atoms with Gasteiger partial charge >= 0.3 is 12.1 Å². The first-order valence-electron chi connectivity index (χ1n) is 11.9. The molecule has 0 atom stereocenters. The minimum absolute atomic E-state index is 0.0478. The van der Waals surface area contributed by atoms with E-state index in [0.29, 0.717) is 50.3 Å². The van der Waals surface area contributed by atoms with Gasteiger partial charge in [-0.05, 0) is 56.8 Å². The van der Waals surface area contributed by atoms with Crippen LogP contribution in [0.3, 0.4) is 0 Å². The summed E-state index contributed by atoms with van der Waals surface area (Å²) in [5.41, 5.74) is -0.00110. The van der Waals surface area contributed by atoms with E-state index in [1.54, 1.807) is 4.90 Å². The molecule has 0 radical (unpaired) electrons. The summed E-state index contributed by atoms with van der Waals surface area (Å²) in [7, 11) is 0. The van der Waals surface area contributed by atoms with Gasteiger partial charge in [0.15, 0.2) is 5.69 Å². The molecule has 2 aliphatic carbocycles. The number of nitrogens with zero attached hydrogens (tertiary/aromatic N) is 3. The Morgan fingerprint density at radius 2 is 1.69 bits per heavy atom. The van der Waals surface area contributed by atoms with Crippen molar-refractivity contribution in [1.82, 2.24) is 14.7 Å². The van der Waals surface area contributed by atoms with Gasteiger partial charge in [-0.25, -0.2) is 0 Å². The molecule has 178 valence electrons. The van der Waals surface area contributed by atoms with Crippen LogP contribution in [0, 0.1) is 17.8 Å². The zero-order valence-corrected chi connectivity index (χ0v) is 18.4. The molecule has 2 saturated carbocycles. The van der Waals surface area contributed by atoms with E-state index < -0.39 is 17.8 Å². The zero-order valence-electron chi connectivity index (χ0n) is 18.4. The number of rotatable bonds is 5. The molecule has 1 amide bonds. The number of carboxylic acid groups (broad SMARTS) is 1. The van der Waals surface area contributed by atoms with E-state index in [2.05, 4.69) is 5.10 Å². The maximum Gasteiger partial charge on any atom is 0.435 e. The van der Waals surface area contributed by atoms with Gasteiger partial charge in [0.05, 0.1) is 18.2 Å². The van der Waals surface area contributed by atoms with Crippen molar-refractivity contribution in [1.29, 1.82) is 0 Å². The van der Waals surface area contributed by atoms with Gasteiger partial charge in [-0.2, -0.15) is 18.3 Å². The highest BCUT2D eigenvalue weighted by Gasteiger charge is 2.41. The second kappa shape index (κ2) is 9.43. The van der Waals surface area contributed by atoms with Gasteiger partial charge in [-0.3, -0.25) is 14.3 Å². The van der Waals surface area contributed by atoms with Gasteiger partial charge in [0, 0.05) is 25.1 Å². The van der Waals surface area contributed by atoms with Crippen molar-refractivity contribution in [3.8, 4) is 0 Å². The molecule has 1 aliphatic heterocycles. The van der Waals surface area contributed by atoms with Crippen LogP contribution in [0.1, 0.15) is 81.2 Å². The van der Waals surface area contributed by atoms with Crippen LogP contribution in [0.5, 0.6) is 0 Å². The van der Waals surface area contributed by atoms with Crippen LogP contribution >= 0.6 is 0 Å². The van der Waals surface area contributed by atoms with Gasteiger partial charge in [-0.15, -0.1) is 0 Å². The first-order valence-corrected chi connectivity index (χ1v) is 11.9. The predicted molar refractivity (Wildman–Crippen MR) is 111 cm³/mol. The fourth-order valence-corrected chi connectivity index (χ4v) is 5.68. The molecular weight excluding hydrogens is 423 g/mol.